The van der Waals surface area contributed by atoms with Gasteiger partial charge in [-0.1, -0.05) is 31.5 Å². The molecular weight excluding hydrogens is 268 g/mol. The number of benzene rings is 1. The fourth-order valence-electron chi connectivity index (χ4n) is 2.62. The number of amides is 2. The summed E-state index contributed by atoms with van der Waals surface area (Å²) in [5.41, 5.74) is 1.46. The highest BCUT2D eigenvalue weighted by Gasteiger charge is 2.41. The van der Waals surface area contributed by atoms with Crippen LogP contribution >= 0.6 is 0 Å². The predicted octanol–water partition coefficient (Wildman–Crippen LogP) is 3.02. The van der Waals surface area contributed by atoms with E-state index in [9.17, 15) is 9.59 Å². The summed E-state index contributed by atoms with van der Waals surface area (Å²) in [7, 11) is 0. The number of aliphatic carboxylic acids is 1. The average Bonchev–Trinajstić information content (AvgIpc) is 3.19. The number of nitrogens with one attached hydrogen (secondary N) is 2. The Balaban J connectivity index is 1.89. The number of carboxylic acid groups (broad SMARTS) is 1. The molecule has 1 aliphatic carbocycles. The van der Waals surface area contributed by atoms with Crippen LogP contribution in [0.3, 0.4) is 0 Å². The number of carboxylic acids is 1. The molecule has 3 N–H and O–H groups in total. The number of para-hydroxylation sites is 1. The Morgan fingerprint density at radius 2 is 2.00 bits per heavy atom. The lowest BCUT2D eigenvalue weighted by Gasteiger charge is -2.16. The Hall–Kier alpha value is -2.04. The lowest BCUT2D eigenvalue weighted by atomic mass is 10.0. The molecule has 114 valence electrons. The minimum absolute atomic E-state index is 0.101. The largest absolute Gasteiger partial charge is 0.481 e. The van der Waals surface area contributed by atoms with E-state index in [0.29, 0.717) is 23.2 Å². The second kappa shape index (κ2) is 6.61. The first kappa shape index (κ1) is 15.4. The van der Waals surface area contributed by atoms with E-state index in [0.717, 1.165) is 12.8 Å². The van der Waals surface area contributed by atoms with Crippen molar-refractivity contribution in [2.24, 2.45) is 5.41 Å². The monoisotopic (exact) mass is 290 g/mol. The van der Waals surface area contributed by atoms with Crippen molar-refractivity contribution >= 4 is 17.7 Å². The van der Waals surface area contributed by atoms with Gasteiger partial charge < -0.3 is 15.7 Å². The van der Waals surface area contributed by atoms with E-state index in [4.69, 9.17) is 5.11 Å². The number of hydrogen-bond acceptors (Lipinski definition) is 2. The smallest absolute Gasteiger partial charge is 0.319 e. The number of hydrogen-bond donors (Lipinski definition) is 3. The van der Waals surface area contributed by atoms with Crippen LogP contribution in [0, 0.1) is 5.41 Å². The molecule has 1 fully saturated rings. The van der Waals surface area contributed by atoms with Crippen LogP contribution in [0.2, 0.25) is 0 Å². The molecule has 0 aromatic heterocycles. The average molecular weight is 290 g/mol. The molecule has 0 aliphatic heterocycles. The van der Waals surface area contributed by atoms with Gasteiger partial charge in [-0.05, 0) is 36.3 Å². The summed E-state index contributed by atoms with van der Waals surface area (Å²) >= 11 is 0. The van der Waals surface area contributed by atoms with Crippen molar-refractivity contribution in [3.05, 3.63) is 29.8 Å². The maximum absolute atomic E-state index is 12.0. The molecule has 1 aliphatic rings. The van der Waals surface area contributed by atoms with E-state index in [1.165, 1.54) is 12.8 Å². The highest BCUT2D eigenvalue weighted by Crippen LogP contribution is 2.48. The van der Waals surface area contributed by atoms with Crippen molar-refractivity contribution in [1.29, 1.82) is 0 Å². The zero-order chi connectivity index (χ0) is 15.3. The van der Waals surface area contributed by atoms with Gasteiger partial charge in [0.1, 0.15) is 0 Å². The lowest BCUT2D eigenvalue weighted by molar-refractivity contribution is -0.136. The van der Waals surface area contributed by atoms with Gasteiger partial charge in [-0.15, -0.1) is 0 Å². The highest BCUT2D eigenvalue weighted by atomic mass is 16.4. The van der Waals surface area contributed by atoms with Crippen LogP contribution in [0.25, 0.3) is 0 Å². The SMILES string of the molecule is CCCC1(CNC(=O)Nc2ccccc2CC(=O)O)CC1. The molecule has 5 heteroatoms. The fourth-order valence-corrected chi connectivity index (χ4v) is 2.62. The third-order valence-electron chi connectivity index (χ3n) is 3.97. The van der Waals surface area contributed by atoms with Gasteiger partial charge in [0, 0.05) is 12.2 Å². The number of urea groups is 1. The molecule has 21 heavy (non-hydrogen) atoms. The molecule has 0 radical (unpaired) electrons. The van der Waals surface area contributed by atoms with Crippen LogP contribution < -0.4 is 10.6 Å². The molecule has 1 aromatic carbocycles. The third kappa shape index (κ3) is 4.48. The molecule has 0 spiro atoms. The topological polar surface area (TPSA) is 78.4 Å². The van der Waals surface area contributed by atoms with Gasteiger partial charge in [0.25, 0.3) is 0 Å². The summed E-state index contributed by atoms with van der Waals surface area (Å²) < 4.78 is 0. The van der Waals surface area contributed by atoms with E-state index in [-0.39, 0.29) is 12.5 Å². The van der Waals surface area contributed by atoms with Crippen LogP contribution in [-0.2, 0) is 11.2 Å². The summed E-state index contributed by atoms with van der Waals surface area (Å²) in [6.07, 6.45) is 4.53. The van der Waals surface area contributed by atoms with Crippen molar-refractivity contribution in [2.75, 3.05) is 11.9 Å². The maximum atomic E-state index is 12.0. The number of carbonyl (C=O) groups is 2. The zero-order valence-electron chi connectivity index (χ0n) is 12.3. The van der Waals surface area contributed by atoms with E-state index in [2.05, 4.69) is 17.6 Å². The summed E-state index contributed by atoms with van der Waals surface area (Å²) in [5.74, 6) is -0.912. The van der Waals surface area contributed by atoms with E-state index in [1.54, 1.807) is 24.3 Å². The number of rotatable bonds is 7. The van der Waals surface area contributed by atoms with Gasteiger partial charge in [-0.2, -0.15) is 0 Å². The number of carbonyl (C=O) groups excluding carboxylic acids is 1. The lowest BCUT2D eigenvalue weighted by Crippen LogP contribution is -2.34. The molecule has 2 rings (SSSR count). The molecule has 1 aromatic rings. The fraction of sp³-hybridized carbons (Fsp3) is 0.500. The Bertz CT molecular complexity index is 524. The first-order valence-electron chi connectivity index (χ1n) is 7.39. The first-order chi connectivity index (χ1) is 10.0. The number of anilines is 1. The Morgan fingerprint density at radius 3 is 2.62 bits per heavy atom. The molecule has 0 heterocycles. The minimum Gasteiger partial charge on any atom is -0.481 e. The Kier molecular flexibility index (Phi) is 4.83. The minimum atomic E-state index is -0.912. The molecule has 1 saturated carbocycles. The van der Waals surface area contributed by atoms with Crippen molar-refractivity contribution in [2.45, 2.75) is 39.0 Å². The molecule has 0 unspecified atom stereocenters. The molecular formula is C16H22N2O3. The molecule has 0 bridgehead atoms. The normalized spacial score (nSPS) is 15.3. The van der Waals surface area contributed by atoms with E-state index in [1.807, 2.05) is 0 Å². The van der Waals surface area contributed by atoms with Gasteiger partial charge >= 0.3 is 12.0 Å². The van der Waals surface area contributed by atoms with Gasteiger partial charge in [-0.3, -0.25) is 4.79 Å². The summed E-state index contributed by atoms with van der Waals surface area (Å²) in [4.78, 5) is 22.8. The predicted molar refractivity (Wildman–Crippen MR) is 81.4 cm³/mol. The van der Waals surface area contributed by atoms with E-state index >= 15 is 0 Å². The van der Waals surface area contributed by atoms with Gasteiger partial charge in [0.2, 0.25) is 0 Å². The summed E-state index contributed by atoms with van der Waals surface area (Å²) in [5, 5.41) is 14.5. The van der Waals surface area contributed by atoms with E-state index < -0.39 is 5.97 Å². The standard InChI is InChI=1S/C16H22N2O3/c1-2-7-16(8-9-16)11-17-15(21)18-13-6-4-3-5-12(13)10-14(19)20/h3-6H,2,7-11H2,1H3,(H,19,20)(H2,17,18,21). The van der Waals surface area contributed by atoms with Crippen molar-refractivity contribution in [3.63, 3.8) is 0 Å². The maximum Gasteiger partial charge on any atom is 0.319 e. The summed E-state index contributed by atoms with van der Waals surface area (Å²) in [6, 6.07) is 6.71. The van der Waals surface area contributed by atoms with Crippen molar-refractivity contribution in [3.8, 4) is 0 Å². The van der Waals surface area contributed by atoms with Crippen LogP contribution in [-0.4, -0.2) is 23.7 Å². The van der Waals surface area contributed by atoms with Crippen LogP contribution in [0.1, 0.15) is 38.2 Å². The molecule has 5 nitrogen and oxygen atoms in total. The van der Waals surface area contributed by atoms with Gasteiger partial charge in [0.05, 0.1) is 6.42 Å². The Labute approximate surface area is 124 Å². The van der Waals surface area contributed by atoms with Crippen LogP contribution in [0.15, 0.2) is 24.3 Å². The second-order valence-electron chi connectivity index (χ2n) is 5.79. The Morgan fingerprint density at radius 1 is 1.29 bits per heavy atom. The molecule has 2 amide bonds. The molecule has 0 atom stereocenters. The van der Waals surface area contributed by atoms with Crippen molar-refractivity contribution in [1.82, 2.24) is 5.32 Å². The molecule has 0 saturated heterocycles. The highest BCUT2D eigenvalue weighted by molar-refractivity contribution is 5.91. The van der Waals surface area contributed by atoms with Gasteiger partial charge in [0.15, 0.2) is 0 Å². The second-order valence-corrected chi connectivity index (χ2v) is 5.79. The zero-order valence-corrected chi connectivity index (χ0v) is 12.3. The van der Waals surface area contributed by atoms with Crippen LogP contribution in [0.5, 0.6) is 0 Å². The van der Waals surface area contributed by atoms with Crippen LogP contribution in [0.4, 0.5) is 10.5 Å². The van der Waals surface area contributed by atoms with Crippen molar-refractivity contribution < 1.29 is 14.7 Å². The quantitative estimate of drug-likeness (QED) is 0.722. The first-order valence-corrected chi connectivity index (χ1v) is 7.39. The summed E-state index contributed by atoms with van der Waals surface area (Å²) in [6.45, 7) is 2.84. The van der Waals surface area contributed by atoms with Gasteiger partial charge in [-0.25, -0.2) is 4.79 Å². The third-order valence-corrected chi connectivity index (χ3v) is 3.97.